The first-order valence-electron chi connectivity index (χ1n) is 12.7. The second-order valence-corrected chi connectivity index (χ2v) is 9.64. The third kappa shape index (κ3) is 7.25. The van der Waals surface area contributed by atoms with Crippen LogP contribution in [0.15, 0.2) is 30.6 Å². The fourth-order valence-corrected chi connectivity index (χ4v) is 4.62. The summed E-state index contributed by atoms with van der Waals surface area (Å²) in [5.41, 5.74) is 0.872. The number of anilines is 3. The molecule has 2 aliphatic rings. The van der Waals surface area contributed by atoms with Crippen molar-refractivity contribution in [1.82, 2.24) is 24.8 Å². The number of halogens is 1. The van der Waals surface area contributed by atoms with Crippen molar-refractivity contribution < 1.29 is 23.5 Å². The Hall–Kier alpha value is -3.58. The zero-order valence-electron chi connectivity index (χ0n) is 22.0. The van der Waals surface area contributed by atoms with E-state index in [1.807, 2.05) is 7.05 Å². The number of hydrogen-bond donors (Lipinski definition) is 2. The Labute approximate surface area is 221 Å². The Morgan fingerprint density at radius 1 is 1.13 bits per heavy atom. The molecule has 13 heteroatoms. The smallest absolute Gasteiger partial charge is 0.413 e. The molecule has 0 aromatic carbocycles. The van der Waals surface area contributed by atoms with E-state index in [0.29, 0.717) is 31.5 Å². The predicted octanol–water partition coefficient (Wildman–Crippen LogP) is 2.74. The van der Waals surface area contributed by atoms with E-state index < -0.39 is 24.3 Å². The van der Waals surface area contributed by atoms with Gasteiger partial charge in [0.2, 0.25) is 5.95 Å². The summed E-state index contributed by atoms with van der Waals surface area (Å²) in [5, 5.41) is 5.37. The molecule has 3 amide bonds. The molecule has 0 radical (unpaired) electrons. The van der Waals surface area contributed by atoms with E-state index in [0.717, 1.165) is 24.9 Å². The minimum Gasteiger partial charge on any atom is -0.445 e. The Balaban J connectivity index is 1.35. The Morgan fingerprint density at radius 3 is 2.71 bits per heavy atom. The van der Waals surface area contributed by atoms with Crippen molar-refractivity contribution in [3.63, 3.8) is 0 Å². The second-order valence-electron chi connectivity index (χ2n) is 9.64. The number of nitrogens with one attached hydrogen (secondary N) is 2. The van der Waals surface area contributed by atoms with E-state index in [-0.39, 0.29) is 24.9 Å². The number of carbonyl (C=O) groups is 2. The first kappa shape index (κ1) is 27.5. The van der Waals surface area contributed by atoms with Crippen LogP contribution in [0, 0.1) is 0 Å². The number of alkyl halides is 1. The number of aromatic nitrogens is 3. The van der Waals surface area contributed by atoms with E-state index in [4.69, 9.17) is 9.47 Å². The van der Waals surface area contributed by atoms with Gasteiger partial charge in [-0.15, -0.1) is 0 Å². The number of piperidine rings is 2. The molecule has 2 saturated heterocycles. The first-order valence-corrected chi connectivity index (χ1v) is 12.7. The lowest BCUT2D eigenvalue weighted by atomic mass is 10.0. The summed E-state index contributed by atoms with van der Waals surface area (Å²) in [6.45, 7) is 2.66. The van der Waals surface area contributed by atoms with Gasteiger partial charge in [-0.3, -0.25) is 10.6 Å². The number of pyridine rings is 1. The summed E-state index contributed by atoms with van der Waals surface area (Å²) >= 11 is 0. The van der Waals surface area contributed by atoms with Crippen LogP contribution in [0.3, 0.4) is 0 Å². The third-order valence-corrected chi connectivity index (χ3v) is 6.70. The molecule has 2 fully saturated rings. The van der Waals surface area contributed by atoms with Crippen molar-refractivity contribution in [3.05, 3.63) is 36.2 Å². The molecule has 4 heterocycles. The van der Waals surface area contributed by atoms with Crippen LogP contribution in [0.25, 0.3) is 0 Å². The maximum Gasteiger partial charge on any atom is 0.413 e. The van der Waals surface area contributed by atoms with Crippen molar-refractivity contribution in [2.75, 3.05) is 62.9 Å². The highest BCUT2D eigenvalue weighted by molar-refractivity contribution is 5.88. The van der Waals surface area contributed by atoms with Crippen LogP contribution in [0.2, 0.25) is 0 Å². The number of methoxy groups -OCH3 is 1. The molecule has 2 aromatic rings. The quantitative estimate of drug-likeness (QED) is 0.556. The van der Waals surface area contributed by atoms with Crippen LogP contribution in [0.1, 0.15) is 24.8 Å². The van der Waals surface area contributed by atoms with Crippen molar-refractivity contribution in [2.24, 2.45) is 0 Å². The second kappa shape index (κ2) is 12.8. The number of ether oxygens (including phenoxy) is 2. The molecule has 3 atom stereocenters. The Bertz CT molecular complexity index is 1090. The highest BCUT2D eigenvalue weighted by Crippen LogP contribution is 2.23. The third-order valence-electron chi connectivity index (χ3n) is 6.70. The molecular formula is C25H35FN8O4. The zero-order chi connectivity index (χ0) is 27.1. The maximum atomic E-state index is 14.9. The van der Waals surface area contributed by atoms with Gasteiger partial charge in [-0.2, -0.15) is 4.98 Å². The summed E-state index contributed by atoms with van der Waals surface area (Å²) in [5.74, 6) is 0.983. The van der Waals surface area contributed by atoms with Crippen LogP contribution < -0.4 is 15.5 Å². The minimum absolute atomic E-state index is 0.167. The van der Waals surface area contributed by atoms with Gasteiger partial charge in [0.05, 0.1) is 12.6 Å². The molecule has 0 spiro atoms. The molecule has 0 bridgehead atoms. The average Bonchev–Trinajstić information content (AvgIpc) is 2.90. The van der Waals surface area contributed by atoms with Crippen molar-refractivity contribution in [3.8, 4) is 0 Å². The van der Waals surface area contributed by atoms with Crippen molar-refractivity contribution in [1.29, 1.82) is 0 Å². The molecule has 12 nitrogen and oxygen atoms in total. The first-order chi connectivity index (χ1) is 18.3. The normalized spacial score (nSPS) is 22.0. The number of rotatable bonds is 7. The van der Waals surface area contributed by atoms with Gasteiger partial charge in [0, 0.05) is 46.2 Å². The molecule has 206 valence electrons. The molecule has 0 unspecified atom stereocenters. The van der Waals surface area contributed by atoms with E-state index in [1.54, 1.807) is 43.5 Å². The van der Waals surface area contributed by atoms with Crippen LogP contribution in [0.5, 0.6) is 0 Å². The molecular weight excluding hydrogens is 495 g/mol. The average molecular weight is 531 g/mol. The molecule has 2 aromatic heterocycles. The van der Waals surface area contributed by atoms with Crippen molar-refractivity contribution in [2.45, 2.75) is 44.2 Å². The summed E-state index contributed by atoms with van der Waals surface area (Å²) in [6.07, 6.45) is 3.17. The summed E-state index contributed by atoms with van der Waals surface area (Å²) in [7, 11) is 5.14. The van der Waals surface area contributed by atoms with Gasteiger partial charge < -0.3 is 24.2 Å². The Kier molecular flexibility index (Phi) is 9.24. The standard InChI is InChI=1S/C25H35FN8O4/c1-32-11-4-5-18(14-32)38-25(36)31-22-8-10-27-23(29-22)34-12-9-19(26)20(15-34)33(2)24(35)30-21-7-6-17(13-28-21)16-37-3/h6-8,10,13,18-20H,4-5,9,11-12,14-16H2,1-3H3,(H,28,30,35)(H,27,29,31,36)/t18-,19+,20-/m0/s1. The summed E-state index contributed by atoms with van der Waals surface area (Å²) < 4.78 is 25.5. The van der Waals surface area contributed by atoms with Crippen LogP contribution >= 0.6 is 0 Å². The number of nitrogens with zero attached hydrogens (tertiary/aromatic N) is 6. The van der Waals surface area contributed by atoms with Gasteiger partial charge >= 0.3 is 12.1 Å². The minimum atomic E-state index is -1.22. The highest BCUT2D eigenvalue weighted by Gasteiger charge is 2.35. The van der Waals surface area contributed by atoms with Gasteiger partial charge in [0.25, 0.3) is 0 Å². The number of likely N-dealkylation sites (tertiary alicyclic amines) is 1. The predicted molar refractivity (Wildman–Crippen MR) is 140 cm³/mol. The number of hydrogen-bond acceptors (Lipinski definition) is 9. The van der Waals surface area contributed by atoms with Crippen LogP contribution in [-0.2, 0) is 16.1 Å². The molecule has 2 aliphatic heterocycles. The monoisotopic (exact) mass is 530 g/mol. The molecule has 0 aliphatic carbocycles. The van der Waals surface area contributed by atoms with E-state index in [9.17, 15) is 14.0 Å². The number of likely N-dealkylation sites (N-methyl/N-ethyl adjacent to an activating group) is 2. The summed E-state index contributed by atoms with van der Waals surface area (Å²) in [6, 6.07) is 3.84. The number of carbonyl (C=O) groups excluding carboxylic acids is 2. The molecule has 0 saturated carbocycles. The maximum absolute atomic E-state index is 14.9. The topological polar surface area (TPSA) is 125 Å². The number of amides is 3. The lowest BCUT2D eigenvalue weighted by molar-refractivity contribution is 0.0593. The van der Waals surface area contributed by atoms with E-state index >= 15 is 0 Å². The van der Waals surface area contributed by atoms with Gasteiger partial charge in [-0.1, -0.05) is 6.07 Å². The summed E-state index contributed by atoms with van der Waals surface area (Å²) in [4.78, 5) is 43.4. The lowest BCUT2D eigenvalue weighted by Gasteiger charge is -2.39. The zero-order valence-corrected chi connectivity index (χ0v) is 22.0. The largest absolute Gasteiger partial charge is 0.445 e. The van der Waals surface area contributed by atoms with Gasteiger partial charge in [0.15, 0.2) is 0 Å². The van der Waals surface area contributed by atoms with Crippen LogP contribution in [0.4, 0.5) is 31.6 Å². The van der Waals surface area contributed by atoms with Crippen molar-refractivity contribution >= 4 is 29.7 Å². The fraction of sp³-hybridized carbons (Fsp3) is 0.560. The van der Waals surface area contributed by atoms with Gasteiger partial charge in [-0.25, -0.2) is 23.9 Å². The van der Waals surface area contributed by atoms with Crippen LogP contribution in [-0.4, -0.2) is 103 Å². The Morgan fingerprint density at radius 2 is 1.97 bits per heavy atom. The molecule has 4 rings (SSSR count). The highest BCUT2D eigenvalue weighted by atomic mass is 19.1. The molecule has 2 N–H and O–H groups in total. The fourth-order valence-electron chi connectivity index (χ4n) is 4.62. The van der Waals surface area contributed by atoms with Gasteiger partial charge in [-0.05, 0) is 50.6 Å². The number of urea groups is 1. The lowest BCUT2D eigenvalue weighted by Crippen LogP contribution is -2.55. The van der Waals surface area contributed by atoms with E-state index in [1.165, 1.54) is 11.1 Å². The van der Waals surface area contributed by atoms with Gasteiger partial charge in [0.1, 0.15) is 23.9 Å². The molecule has 38 heavy (non-hydrogen) atoms. The van der Waals surface area contributed by atoms with E-state index in [2.05, 4.69) is 30.5 Å². The SMILES string of the molecule is COCc1ccc(NC(=O)N(C)[C@H]2CN(c3nccc(NC(=O)O[C@H]4CCCN(C)C4)n3)CC[C@H]2F)nc1.